The second-order valence-electron chi connectivity index (χ2n) is 7.77. The van der Waals surface area contributed by atoms with Crippen LogP contribution in [-0.2, 0) is 15.6 Å². The average Bonchev–Trinajstić information content (AvgIpc) is 2.72. The number of hydrogen-bond donors (Lipinski definition) is 1. The van der Waals surface area contributed by atoms with E-state index in [0.29, 0.717) is 24.2 Å². The van der Waals surface area contributed by atoms with Crippen molar-refractivity contribution >= 4 is 33.1 Å². The number of carbonyl (C=O) groups is 1. The van der Waals surface area contributed by atoms with E-state index in [1.807, 2.05) is 36.4 Å². The first-order chi connectivity index (χ1) is 15.2. The number of aliphatic hydroxyl groups excluding tert-OH is 1. The Bertz CT molecular complexity index is 1300. The molecule has 4 rings (SSSR count). The molecule has 7 heteroatoms. The lowest BCUT2D eigenvalue weighted by molar-refractivity contribution is 0.0651. The highest BCUT2D eigenvalue weighted by Gasteiger charge is 2.25. The number of carbonyl (C=O) groups excluding carboxylic acids is 1. The normalized spacial score (nSPS) is 13.5. The molecule has 1 heterocycles. The van der Waals surface area contributed by atoms with Gasteiger partial charge in [0.05, 0.1) is 10.6 Å². The molecular formula is C25H22ClNO4S. The zero-order chi connectivity index (χ0) is 22.9. The van der Waals surface area contributed by atoms with E-state index in [1.54, 1.807) is 17.0 Å². The van der Waals surface area contributed by atoms with Gasteiger partial charge in [0.25, 0.3) is 5.91 Å². The lowest BCUT2D eigenvalue weighted by Crippen LogP contribution is -2.42. The fourth-order valence-electron chi connectivity index (χ4n) is 3.66. The summed E-state index contributed by atoms with van der Waals surface area (Å²) in [5, 5.41) is 10.2. The average molecular weight is 468 g/mol. The van der Waals surface area contributed by atoms with Crippen molar-refractivity contribution in [3.05, 3.63) is 95.0 Å². The SMILES string of the molecule is C=C(O)c1ccc(-c2ccccc2)cc1CS(=O)(=O)c1cc(Cl)cc(C(=O)N2CCC2)c1. The van der Waals surface area contributed by atoms with Crippen LogP contribution in [0.1, 0.15) is 27.9 Å². The van der Waals surface area contributed by atoms with E-state index in [2.05, 4.69) is 6.58 Å². The molecular weight excluding hydrogens is 446 g/mol. The van der Waals surface area contributed by atoms with Gasteiger partial charge >= 0.3 is 0 Å². The van der Waals surface area contributed by atoms with Crippen LogP contribution in [0.25, 0.3) is 16.9 Å². The summed E-state index contributed by atoms with van der Waals surface area (Å²) in [5.74, 6) is -0.819. The lowest BCUT2D eigenvalue weighted by atomic mass is 9.99. The number of rotatable bonds is 6. The van der Waals surface area contributed by atoms with Gasteiger partial charge in [0.1, 0.15) is 5.76 Å². The number of amides is 1. The molecule has 5 nitrogen and oxygen atoms in total. The van der Waals surface area contributed by atoms with Crippen molar-refractivity contribution in [3.8, 4) is 11.1 Å². The largest absolute Gasteiger partial charge is 0.508 e. The Hall–Kier alpha value is -3.09. The smallest absolute Gasteiger partial charge is 0.253 e. The molecule has 0 unspecified atom stereocenters. The highest BCUT2D eigenvalue weighted by atomic mass is 35.5. The fraction of sp³-hybridized carbons (Fsp3) is 0.160. The molecule has 1 fully saturated rings. The van der Waals surface area contributed by atoms with Crippen LogP contribution in [0.2, 0.25) is 5.02 Å². The van der Waals surface area contributed by atoms with Crippen LogP contribution in [0.15, 0.2) is 78.2 Å². The van der Waals surface area contributed by atoms with Crippen molar-refractivity contribution < 1.29 is 18.3 Å². The molecule has 3 aromatic rings. The first kappa shape index (κ1) is 22.1. The summed E-state index contributed by atoms with van der Waals surface area (Å²) in [6.07, 6.45) is 0.934. The second kappa shape index (κ2) is 8.81. The molecule has 3 aromatic carbocycles. The van der Waals surface area contributed by atoms with Crippen LogP contribution in [0.3, 0.4) is 0 Å². The number of benzene rings is 3. The van der Waals surface area contributed by atoms with Gasteiger partial charge in [-0.3, -0.25) is 4.79 Å². The number of halogens is 1. The minimum atomic E-state index is -3.87. The van der Waals surface area contributed by atoms with E-state index in [0.717, 1.165) is 17.5 Å². The minimum Gasteiger partial charge on any atom is -0.508 e. The summed E-state index contributed by atoms with van der Waals surface area (Å²) < 4.78 is 26.6. The predicted octanol–water partition coefficient (Wildman–Crippen LogP) is 5.36. The first-order valence-corrected chi connectivity index (χ1v) is 12.2. The Morgan fingerprint density at radius 1 is 1.00 bits per heavy atom. The van der Waals surface area contributed by atoms with Gasteiger partial charge in [-0.15, -0.1) is 0 Å². The maximum absolute atomic E-state index is 13.3. The van der Waals surface area contributed by atoms with Crippen LogP contribution >= 0.6 is 11.6 Å². The van der Waals surface area contributed by atoms with Gasteiger partial charge in [0.2, 0.25) is 0 Å². The predicted molar refractivity (Wildman–Crippen MR) is 126 cm³/mol. The molecule has 0 bridgehead atoms. The Kier molecular flexibility index (Phi) is 6.09. The third kappa shape index (κ3) is 4.56. The quantitative estimate of drug-likeness (QED) is 0.495. The van der Waals surface area contributed by atoms with Crippen molar-refractivity contribution in [1.29, 1.82) is 0 Å². The molecule has 1 amide bonds. The van der Waals surface area contributed by atoms with Crippen molar-refractivity contribution in [2.45, 2.75) is 17.1 Å². The summed E-state index contributed by atoms with van der Waals surface area (Å²) in [6, 6.07) is 18.9. The van der Waals surface area contributed by atoms with Gasteiger partial charge < -0.3 is 10.0 Å². The molecule has 164 valence electrons. The van der Waals surface area contributed by atoms with Gasteiger partial charge in [-0.25, -0.2) is 8.42 Å². The van der Waals surface area contributed by atoms with Gasteiger partial charge in [0, 0.05) is 29.2 Å². The topological polar surface area (TPSA) is 74.7 Å². The van der Waals surface area contributed by atoms with Crippen molar-refractivity contribution in [2.75, 3.05) is 13.1 Å². The molecule has 1 aliphatic rings. The monoisotopic (exact) mass is 467 g/mol. The Morgan fingerprint density at radius 2 is 1.72 bits per heavy atom. The molecule has 0 aromatic heterocycles. The number of likely N-dealkylation sites (tertiary alicyclic amines) is 1. The van der Waals surface area contributed by atoms with Gasteiger partial charge in [-0.05, 0) is 47.4 Å². The van der Waals surface area contributed by atoms with Crippen LogP contribution < -0.4 is 0 Å². The molecule has 0 saturated carbocycles. The van der Waals surface area contributed by atoms with Crippen molar-refractivity contribution in [2.24, 2.45) is 0 Å². The number of hydrogen-bond acceptors (Lipinski definition) is 4. The molecule has 1 aliphatic heterocycles. The molecule has 1 saturated heterocycles. The van der Waals surface area contributed by atoms with E-state index in [1.165, 1.54) is 18.2 Å². The Morgan fingerprint density at radius 3 is 2.34 bits per heavy atom. The van der Waals surface area contributed by atoms with Crippen LogP contribution in [0.4, 0.5) is 0 Å². The third-order valence-electron chi connectivity index (χ3n) is 5.49. The lowest BCUT2D eigenvalue weighted by Gasteiger charge is -2.31. The highest BCUT2D eigenvalue weighted by molar-refractivity contribution is 7.90. The van der Waals surface area contributed by atoms with E-state index >= 15 is 0 Å². The number of aliphatic hydroxyl groups is 1. The molecule has 0 atom stereocenters. The maximum Gasteiger partial charge on any atom is 0.253 e. The van der Waals surface area contributed by atoms with E-state index in [4.69, 9.17) is 11.6 Å². The summed E-state index contributed by atoms with van der Waals surface area (Å²) in [5.41, 5.74) is 2.76. The summed E-state index contributed by atoms with van der Waals surface area (Å²) >= 11 is 6.17. The van der Waals surface area contributed by atoms with Crippen LogP contribution in [-0.4, -0.2) is 37.4 Å². The van der Waals surface area contributed by atoms with E-state index in [-0.39, 0.29) is 32.9 Å². The van der Waals surface area contributed by atoms with E-state index in [9.17, 15) is 18.3 Å². The number of sulfone groups is 1. The maximum atomic E-state index is 13.3. The molecule has 0 aliphatic carbocycles. The van der Waals surface area contributed by atoms with Crippen LogP contribution in [0.5, 0.6) is 0 Å². The zero-order valence-corrected chi connectivity index (χ0v) is 18.9. The summed E-state index contributed by atoms with van der Waals surface area (Å²) in [6.45, 7) is 4.88. The van der Waals surface area contributed by atoms with Crippen molar-refractivity contribution in [3.63, 3.8) is 0 Å². The van der Waals surface area contributed by atoms with Crippen LogP contribution in [0, 0.1) is 0 Å². The molecule has 0 radical (unpaired) electrons. The summed E-state index contributed by atoms with van der Waals surface area (Å²) in [7, 11) is -3.87. The first-order valence-electron chi connectivity index (χ1n) is 10.1. The zero-order valence-electron chi connectivity index (χ0n) is 17.3. The van der Waals surface area contributed by atoms with Gasteiger partial charge in [-0.2, -0.15) is 0 Å². The second-order valence-corrected chi connectivity index (χ2v) is 10.2. The van der Waals surface area contributed by atoms with E-state index < -0.39 is 9.84 Å². The minimum absolute atomic E-state index is 0.0338. The summed E-state index contributed by atoms with van der Waals surface area (Å²) in [4.78, 5) is 14.2. The fourth-order valence-corrected chi connectivity index (χ4v) is 5.39. The standard InChI is InChI=1S/C25H22ClNO4S/c1-17(28)24-9-8-19(18-6-3-2-4-7-18)12-21(24)16-32(30,31)23-14-20(13-22(26)15-23)25(29)27-10-5-11-27/h2-4,6-9,12-15,28H,1,5,10-11,16H2. The number of nitrogens with zero attached hydrogens (tertiary/aromatic N) is 1. The third-order valence-corrected chi connectivity index (χ3v) is 7.35. The molecule has 32 heavy (non-hydrogen) atoms. The van der Waals surface area contributed by atoms with Gasteiger partial charge in [-0.1, -0.05) is 60.6 Å². The Labute approximate surface area is 192 Å². The Balaban J connectivity index is 1.72. The molecule has 0 spiro atoms. The van der Waals surface area contributed by atoms with Gasteiger partial charge in [0.15, 0.2) is 9.84 Å². The highest BCUT2D eigenvalue weighted by Crippen LogP contribution is 2.29. The molecule has 1 N–H and O–H groups in total. The van der Waals surface area contributed by atoms with Crippen molar-refractivity contribution in [1.82, 2.24) is 4.90 Å².